The molecule has 3 N–H and O–H groups in total. The highest BCUT2D eigenvalue weighted by Crippen LogP contribution is 2.15. The molecule has 0 rings (SSSR count). The summed E-state index contributed by atoms with van der Waals surface area (Å²) >= 11 is 0. The molecule has 0 aromatic carbocycles. The van der Waals surface area contributed by atoms with Crippen molar-refractivity contribution in [3.05, 3.63) is 36.5 Å². The van der Waals surface area contributed by atoms with Crippen molar-refractivity contribution in [2.24, 2.45) is 0 Å². The van der Waals surface area contributed by atoms with Gasteiger partial charge in [-0.15, -0.1) is 0 Å². The number of aliphatic hydroxyl groups is 2. The molecule has 0 saturated carbocycles. The minimum absolute atomic E-state index is 0.0636. The van der Waals surface area contributed by atoms with Crippen molar-refractivity contribution in [1.82, 2.24) is 5.32 Å². The monoisotopic (exact) mass is 730 g/mol. The van der Waals surface area contributed by atoms with Gasteiger partial charge in [0.2, 0.25) is 5.91 Å². The lowest BCUT2D eigenvalue weighted by Gasteiger charge is -2.20. The number of amides is 1. The van der Waals surface area contributed by atoms with E-state index in [9.17, 15) is 15.0 Å². The van der Waals surface area contributed by atoms with Gasteiger partial charge >= 0.3 is 0 Å². The predicted molar refractivity (Wildman–Crippen MR) is 230 cm³/mol. The number of rotatable bonds is 42. The number of aliphatic hydroxyl groups excluding tert-OH is 2. The average molecular weight is 730 g/mol. The van der Waals surface area contributed by atoms with Crippen molar-refractivity contribution in [3.8, 4) is 0 Å². The zero-order valence-electron chi connectivity index (χ0n) is 35.1. The predicted octanol–water partition coefficient (Wildman–Crippen LogP) is 14.6. The maximum absolute atomic E-state index is 12.4. The summed E-state index contributed by atoms with van der Waals surface area (Å²) in [5.41, 5.74) is 0. The molecule has 0 aromatic heterocycles. The van der Waals surface area contributed by atoms with Crippen LogP contribution in [0.25, 0.3) is 0 Å². The third-order valence-electron chi connectivity index (χ3n) is 10.6. The minimum Gasteiger partial charge on any atom is -0.394 e. The number of allylic oxidation sites excluding steroid dienone is 5. The summed E-state index contributed by atoms with van der Waals surface area (Å²) in [6, 6.07) is -0.618. The first kappa shape index (κ1) is 50.6. The van der Waals surface area contributed by atoms with Crippen LogP contribution in [0.2, 0.25) is 0 Å². The fraction of sp³-hybridized carbons (Fsp3) is 0.854. The zero-order valence-corrected chi connectivity index (χ0v) is 35.1. The Morgan fingerprint density at radius 1 is 0.462 bits per heavy atom. The summed E-state index contributed by atoms with van der Waals surface area (Å²) in [4.78, 5) is 12.4. The van der Waals surface area contributed by atoms with Gasteiger partial charge in [0.1, 0.15) is 0 Å². The van der Waals surface area contributed by atoms with Crippen LogP contribution in [0, 0.1) is 0 Å². The quantitative estimate of drug-likeness (QED) is 0.0433. The van der Waals surface area contributed by atoms with Crippen molar-refractivity contribution in [2.75, 3.05) is 6.61 Å². The van der Waals surface area contributed by atoms with Crippen molar-refractivity contribution in [3.63, 3.8) is 0 Å². The van der Waals surface area contributed by atoms with Gasteiger partial charge in [0.15, 0.2) is 0 Å². The number of hydrogen-bond acceptors (Lipinski definition) is 3. The largest absolute Gasteiger partial charge is 0.394 e. The van der Waals surface area contributed by atoms with Gasteiger partial charge in [-0.05, 0) is 51.4 Å². The topological polar surface area (TPSA) is 69.6 Å². The van der Waals surface area contributed by atoms with E-state index in [1.165, 1.54) is 193 Å². The SMILES string of the molecule is CCCCCCC/C=C\C/C=C\CCCCCCCCCCCCCCCCCCCC(=O)NC(CO)C(O)/C=C/CCCCCCCCCCC. The highest BCUT2D eigenvalue weighted by atomic mass is 16.3. The van der Waals surface area contributed by atoms with E-state index in [1.807, 2.05) is 6.08 Å². The molecule has 2 unspecified atom stereocenters. The number of carbonyl (C=O) groups is 1. The maximum Gasteiger partial charge on any atom is 0.220 e. The molecule has 0 aliphatic rings. The van der Waals surface area contributed by atoms with Crippen LogP contribution in [0.5, 0.6) is 0 Å². The second-order valence-electron chi connectivity index (χ2n) is 15.8. The fourth-order valence-electron chi connectivity index (χ4n) is 7.03. The van der Waals surface area contributed by atoms with E-state index >= 15 is 0 Å². The summed E-state index contributed by atoms with van der Waals surface area (Å²) in [6.45, 7) is 4.29. The molecule has 2 atom stereocenters. The van der Waals surface area contributed by atoms with E-state index in [0.717, 1.165) is 32.1 Å². The van der Waals surface area contributed by atoms with Crippen LogP contribution in [0.3, 0.4) is 0 Å². The smallest absolute Gasteiger partial charge is 0.220 e. The van der Waals surface area contributed by atoms with Gasteiger partial charge in [-0.25, -0.2) is 0 Å². The molecule has 4 heteroatoms. The van der Waals surface area contributed by atoms with Gasteiger partial charge in [0.05, 0.1) is 18.8 Å². The van der Waals surface area contributed by atoms with Crippen LogP contribution in [0.4, 0.5) is 0 Å². The van der Waals surface area contributed by atoms with E-state index in [0.29, 0.717) is 6.42 Å². The molecular formula is C48H91NO3. The number of hydrogen-bond donors (Lipinski definition) is 3. The third-order valence-corrected chi connectivity index (χ3v) is 10.6. The van der Waals surface area contributed by atoms with Crippen molar-refractivity contribution in [2.45, 2.75) is 257 Å². The molecule has 306 valence electrons. The van der Waals surface area contributed by atoms with E-state index < -0.39 is 12.1 Å². The molecule has 0 aromatic rings. The zero-order chi connectivity index (χ0) is 37.8. The first-order chi connectivity index (χ1) is 25.7. The van der Waals surface area contributed by atoms with E-state index in [1.54, 1.807) is 6.08 Å². The van der Waals surface area contributed by atoms with Gasteiger partial charge in [-0.1, -0.05) is 224 Å². The van der Waals surface area contributed by atoms with Crippen LogP contribution < -0.4 is 5.32 Å². The second-order valence-corrected chi connectivity index (χ2v) is 15.8. The lowest BCUT2D eigenvalue weighted by Crippen LogP contribution is -2.45. The Morgan fingerprint density at radius 2 is 0.788 bits per heavy atom. The van der Waals surface area contributed by atoms with Gasteiger partial charge < -0.3 is 15.5 Å². The molecule has 0 aliphatic carbocycles. The summed E-state index contributed by atoms with van der Waals surface area (Å²) in [5, 5.41) is 22.9. The lowest BCUT2D eigenvalue weighted by molar-refractivity contribution is -0.123. The number of nitrogens with one attached hydrogen (secondary N) is 1. The normalized spacial score (nSPS) is 13.2. The Labute approximate surface area is 325 Å². The van der Waals surface area contributed by atoms with E-state index in [4.69, 9.17) is 0 Å². The van der Waals surface area contributed by atoms with Crippen LogP contribution in [0.1, 0.15) is 245 Å². The fourth-order valence-corrected chi connectivity index (χ4v) is 7.03. The maximum atomic E-state index is 12.4. The number of carbonyl (C=O) groups excluding carboxylic acids is 1. The molecule has 0 radical (unpaired) electrons. The van der Waals surface area contributed by atoms with Crippen molar-refractivity contribution >= 4 is 5.91 Å². The standard InChI is InChI=1S/C48H91NO3/c1-3-5-7-9-11-13-15-16-17-18-19-20-21-22-23-24-25-26-27-28-29-30-31-32-34-36-38-40-42-44-48(52)49-46(45-50)47(51)43-41-39-37-35-33-14-12-10-8-6-4-2/h15-16,18-19,41,43,46-47,50-51H,3-14,17,20-40,42,44-45H2,1-2H3,(H,49,52)/b16-15-,19-18-,43-41+. The van der Waals surface area contributed by atoms with Crippen LogP contribution in [-0.2, 0) is 4.79 Å². The summed E-state index contributed by atoms with van der Waals surface area (Å²) in [5.74, 6) is -0.0636. The Morgan fingerprint density at radius 3 is 1.15 bits per heavy atom. The Balaban J connectivity index is 3.46. The molecule has 0 bridgehead atoms. The molecule has 4 nitrogen and oxygen atoms in total. The Kier molecular flexibility index (Phi) is 42.8. The molecular weight excluding hydrogens is 639 g/mol. The molecule has 0 heterocycles. The lowest BCUT2D eigenvalue weighted by atomic mass is 10.0. The molecule has 1 amide bonds. The molecule has 0 aliphatic heterocycles. The highest BCUT2D eigenvalue weighted by molar-refractivity contribution is 5.76. The van der Waals surface area contributed by atoms with Gasteiger partial charge in [-0.3, -0.25) is 4.79 Å². The third kappa shape index (κ3) is 39.8. The first-order valence-corrected chi connectivity index (χ1v) is 23.2. The van der Waals surface area contributed by atoms with E-state index in [-0.39, 0.29) is 12.5 Å². The summed E-state index contributed by atoms with van der Waals surface area (Å²) in [7, 11) is 0. The molecule has 0 spiro atoms. The van der Waals surface area contributed by atoms with Gasteiger partial charge in [0, 0.05) is 6.42 Å². The van der Waals surface area contributed by atoms with Gasteiger partial charge in [-0.2, -0.15) is 0 Å². The van der Waals surface area contributed by atoms with Crippen molar-refractivity contribution in [1.29, 1.82) is 0 Å². The van der Waals surface area contributed by atoms with E-state index in [2.05, 4.69) is 43.5 Å². The van der Waals surface area contributed by atoms with Gasteiger partial charge in [0.25, 0.3) is 0 Å². The molecule has 52 heavy (non-hydrogen) atoms. The number of unbranched alkanes of at least 4 members (excludes halogenated alkanes) is 31. The summed E-state index contributed by atoms with van der Waals surface area (Å²) in [6.07, 6.45) is 58.4. The Hall–Kier alpha value is -1.39. The van der Waals surface area contributed by atoms with Crippen molar-refractivity contribution < 1.29 is 15.0 Å². The van der Waals surface area contributed by atoms with Crippen LogP contribution in [-0.4, -0.2) is 34.9 Å². The average Bonchev–Trinajstić information content (AvgIpc) is 3.15. The minimum atomic E-state index is -0.835. The second kappa shape index (κ2) is 44.0. The van der Waals surface area contributed by atoms with Crippen LogP contribution in [0.15, 0.2) is 36.5 Å². The van der Waals surface area contributed by atoms with Crippen LogP contribution >= 0.6 is 0 Å². The highest BCUT2D eigenvalue weighted by Gasteiger charge is 2.17. The summed E-state index contributed by atoms with van der Waals surface area (Å²) < 4.78 is 0. The molecule has 0 saturated heterocycles. The first-order valence-electron chi connectivity index (χ1n) is 23.2. The molecule has 0 fully saturated rings. The Bertz CT molecular complexity index is 790.